The number of carbonyl (C=O) groups is 1. The Morgan fingerprint density at radius 2 is 1.89 bits per heavy atom. The Labute approximate surface area is 202 Å². The molecule has 1 unspecified atom stereocenters. The largest absolute Gasteiger partial charge is 0.493 e. The van der Waals surface area contributed by atoms with Gasteiger partial charge in [-0.1, -0.05) is 0 Å². The van der Waals surface area contributed by atoms with Crippen molar-refractivity contribution in [1.29, 1.82) is 5.41 Å². The summed E-state index contributed by atoms with van der Waals surface area (Å²) in [5, 5.41) is 30.3. The summed E-state index contributed by atoms with van der Waals surface area (Å²) < 4.78 is 26.5. The number of hydrogen-bond acceptors (Lipinski definition) is 8. The van der Waals surface area contributed by atoms with Crippen LogP contribution < -0.4 is 26.2 Å². The van der Waals surface area contributed by atoms with E-state index in [9.17, 15) is 14.7 Å². The normalized spacial score (nSPS) is 11.6. The SMILES string of the molecule is COc1cc(F)c(C(Nc2ccc(C(=N)N)cc2)c2nn(-c3[nH]ncc3C(=O)O)c(=O)[nH]2)cc1OC. The lowest BCUT2D eigenvalue weighted by Crippen LogP contribution is -2.18. The van der Waals surface area contributed by atoms with Crippen LogP contribution in [0.5, 0.6) is 11.5 Å². The minimum atomic E-state index is -1.32. The maximum absolute atomic E-state index is 15.3. The van der Waals surface area contributed by atoms with Crippen molar-refractivity contribution in [3.63, 3.8) is 0 Å². The summed E-state index contributed by atoms with van der Waals surface area (Å²) in [6.07, 6.45) is 1.04. The van der Waals surface area contributed by atoms with E-state index in [1.165, 1.54) is 20.3 Å². The lowest BCUT2D eigenvalue weighted by Gasteiger charge is -2.20. The van der Waals surface area contributed by atoms with Crippen molar-refractivity contribution in [2.24, 2.45) is 5.73 Å². The molecule has 0 aliphatic carbocycles. The molecule has 13 nitrogen and oxygen atoms in total. The van der Waals surface area contributed by atoms with Gasteiger partial charge in [0, 0.05) is 22.9 Å². The average molecular weight is 496 g/mol. The number of nitrogens with two attached hydrogens (primary N) is 1. The molecule has 2 aromatic carbocycles. The number of anilines is 1. The van der Waals surface area contributed by atoms with E-state index >= 15 is 4.39 Å². The first-order valence-electron chi connectivity index (χ1n) is 10.3. The minimum Gasteiger partial charge on any atom is -0.493 e. The van der Waals surface area contributed by atoms with Crippen molar-refractivity contribution < 1.29 is 23.8 Å². The highest BCUT2D eigenvalue weighted by atomic mass is 19.1. The number of methoxy groups -OCH3 is 2. The van der Waals surface area contributed by atoms with E-state index in [0.29, 0.717) is 11.3 Å². The Hall–Kier alpha value is -5.14. The van der Waals surface area contributed by atoms with Crippen molar-refractivity contribution in [1.82, 2.24) is 25.0 Å². The molecule has 0 bridgehead atoms. The Morgan fingerprint density at radius 1 is 1.22 bits per heavy atom. The van der Waals surface area contributed by atoms with Crippen molar-refractivity contribution in [3.8, 4) is 17.3 Å². The number of aromatic amines is 2. The smallest absolute Gasteiger partial charge is 0.349 e. The lowest BCUT2D eigenvalue weighted by molar-refractivity contribution is 0.0696. The molecule has 0 fully saturated rings. The summed E-state index contributed by atoms with van der Waals surface area (Å²) in [5.41, 5.74) is 5.46. The third kappa shape index (κ3) is 4.46. The van der Waals surface area contributed by atoms with E-state index in [0.717, 1.165) is 16.9 Å². The number of aromatic carboxylic acids is 1. The van der Waals surface area contributed by atoms with Gasteiger partial charge in [0.05, 0.1) is 20.4 Å². The molecule has 2 heterocycles. The fourth-order valence-corrected chi connectivity index (χ4v) is 3.52. The molecule has 4 aromatic rings. The van der Waals surface area contributed by atoms with Crippen LogP contribution in [0.4, 0.5) is 10.1 Å². The number of carboxylic acid groups (broad SMARTS) is 1. The molecular weight excluding hydrogens is 475 g/mol. The van der Waals surface area contributed by atoms with Gasteiger partial charge in [-0.25, -0.2) is 14.0 Å². The second kappa shape index (κ2) is 9.61. The van der Waals surface area contributed by atoms with Crippen molar-refractivity contribution in [2.45, 2.75) is 6.04 Å². The van der Waals surface area contributed by atoms with Gasteiger partial charge in [0.2, 0.25) is 0 Å². The summed E-state index contributed by atoms with van der Waals surface area (Å²) in [6, 6.07) is 7.89. The Balaban J connectivity index is 1.85. The number of H-pyrrole nitrogens is 2. The van der Waals surface area contributed by atoms with Gasteiger partial charge in [0.15, 0.2) is 23.1 Å². The number of ether oxygens (including phenoxy) is 2. The van der Waals surface area contributed by atoms with Crippen LogP contribution >= 0.6 is 0 Å². The number of amidine groups is 1. The summed E-state index contributed by atoms with van der Waals surface area (Å²) in [7, 11) is 2.76. The Morgan fingerprint density at radius 3 is 2.50 bits per heavy atom. The fourth-order valence-electron chi connectivity index (χ4n) is 3.52. The van der Waals surface area contributed by atoms with E-state index in [1.54, 1.807) is 24.3 Å². The van der Waals surface area contributed by atoms with Gasteiger partial charge < -0.3 is 25.6 Å². The van der Waals surface area contributed by atoms with Crippen LogP contribution in [-0.4, -0.2) is 56.1 Å². The first-order chi connectivity index (χ1) is 17.2. The second-order valence-corrected chi connectivity index (χ2v) is 7.46. The highest BCUT2D eigenvalue weighted by Crippen LogP contribution is 2.35. The van der Waals surface area contributed by atoms with E-state index in [2.05, 4.69) is 25.6 Å². The molecule has 7 N–H and O–H groups in total. The number of nitrogens with one attached hydrogen (secondary N) is 4. The molecule has 0 aliphatic rings. The Bertz CT molecular complexity index is 1490. The first-order valence-corrected chi connectivity index (χ1v) is 10.3. The zero-order valence-electron chi connectivity index (χ0n) is 19.0. The van der Waals surface area contributed by atoms with E-state index in [1.807, 2.05) is 0 Å². The summed E-state index contributed by atoms with van der Waals surface area (Å²) in [5.74, 6) is -1.95. The van der Waals surface area contributed by atoms with Gasteiger partial charge >= 0.3 is 11.7 Å². The molecule has 2 aromatic heterocycles. The topological polar surface area (TPSA) is 197 Å². The molecule has 1 atom stereocenters. The molecule has 36 heavy (non-hydrogen) atoms. The molecule has 0 saturated heterocycles. The van der Waals surface area contributed by atoms with E-state index < -0.39 is 23.5 Å². The predicted molar refractivity (Wildman–Crippen MR) is 126 cm³/mol. The Kier molecular flexibility index (Phi) is 6.41. The van der Waals surface area contributed by atoms with Gasteiger partial charge in [-0.3, -0.25) is 15.5 Å². The van der Waals surface area contributed by atoms with Gasteiger partial charge in [0.25, 0.3) is 0 Å². The van der Waals surface area contributed by atoms with Crippen LogP contribution in [0.1, 0.15) is 33.4 Å². The van der Waals surface area contributed by atoms with Crippen LogP contribution in [-0.2, 0) is 0 Å². The van der Waals surface area contributed by atoms with Crippen LogP contribution in [0.2, 0.25) is 0 Å². The van der Waals surface area contributed by atoms with Gasteiger partial charge in [-0.15, -0.1) is 5.10 Å². The second-order valence-electron chi connectivity index (χ2n) is 7.46. The molecule has 186 valence electrons. The summed E-state index contributed by atoms with van der Waals surface area (Å²) >= 11 is 0. The number of halogens is 1. The third-order valence-electron chi connectivity index (χ3n) is 5.29. The maximum Gasteiger partial charge on any atom is 0.349 e. The van der Waals surface area contributed by atoms with E-state index in [-0.39, 0.29) is 40.1 Å². The van der Waals surface area contributed by atoms with E-state index in [4.69, 9.17) is 20.6 Å². The number of nitrogens with zero attached hydrogens (tertiary/aromatic N) is 3. The zero-order chi connectivity index (χ0) is 26.0. The zero-order valence-corrected chi connectivity index (χ0v) is 19.0. The minimum absolute atomic E-state index is 0.0345. The number of nitrogen functional groups attached to an aromatic ring is 1. The van der Waals surface area contributed by atoms with Crippen molar-refractivity contribution in [2.75, 3.05) is 19.5 Å². The van der Waals surface area contributed by atoms with Crippen LogP contribution in [0.25, 0.3) is 5.82 Å². The monoisotopic (exact) mass is 496 g/mol. The molecule has 0 spiro atoms. The summed E-state index contributed by atoms with van der Waals surface area (Å²) in [4.78, 5) is 26.8. The van der Waals surface area contributed by atoms with Crippen molar-refractivity contribution >= 4 is 17.5 Å². The third-order valence-corrected chi connectivity index (χ3v) is 5.29. The number of aromatic nitrogens is 5. The molecule has 14 heteroatoms. The number of rotatable bonds is 9. The molecule has 4 rings (SSSR count). The highest BCUT2D eigenvalue weighted by molar-refractivity contribution is 5.95. The fraction of sp³-hybridized carbons (Fsp3) is 0.136. The quantitative estimate of drug-likeness (QED) is 0.147. The average Bonchev–Trinajstić information content (AvgIpc) is 3.49. The molecule has 0 aliphatic heterocycles. The van der Waals surface area contributed by atoms with Crippen molar-refractivity contribution in [3.05, 3.63) is 81.4 Å². The summed E-state index contributed by atoms with van der Waals surface area (Å²) in [6.45, 7) is 0. The number of hydrogen-bond donors (Lipinski definition) is 6. The highest BCUT2D eigenvalue weighted by Gasteiger charge is 2.27. The molecular formula is C22H21FN8O5. The van der Waals surface area contributed by atoms with Crippen LogP contribution in [0.3, 0.4) is 0 Å². The first kappa shape index (κ1) is 24.0. The number of carboxylic acids is 1. The molecule has 0 radical (unpaired) electrons. The molecule has 0 amide bonds. The molecule has 0 saturated carbocycles. The lowest BCUT2D eigenvalue weighted by atomic mass is 10.0. The van der Waals surface area contributed by atoms with Gasteiger partial charge in [0.1, 0.15) is 23.3 Å². The van der Waals surface area contributed by atoms with Crippen LogP contribution in [0.15, 0.2) is 47.4 Å². The number of benzene rings is 2. The van der Waals surface area contributed by atoms with Crippen LogP contribution in [0, 0.1) is 11.2 Å². The standard InChI is InChI=1S/C22H21FN8O5/c1-35-15-7-12(14(23)8-16(15)36-2)17(27-11-5-3-10(4-6-11)18(24)25)19-28-22(34)31(30-19)20-13(21(32)33)9-26-29-20/h3-9,17,27H,1-2H3,(H3,24,25)(H,26,29)(H,32,33)(H,28,30,34). The maximum atomic E-state index is 15.3. The predicted octanol–water partition coefficient (Wildman–Crippen LogP) is 1.62. The van der Waals surface area contributed by atoms with Gasteiger partial charge in [-0.2, -0.15) is 9.78 Å². The van der Waals surface area contributed by atoms with Gasteiger partial charge in [-0.05, 0) is 30.3 Å².